The van der Waals surface area contributed by atoms with E-state index in [-0.39, 0.29) is 0 Å². The van der Waals surface area contributed by atoms with Crippen LogP contribution < -0.4 is 0 Å². The summed E-state index contributed by atoms with van der Waals surface area (Å²) < 4.78 is 16.8. The van der Waals surface area contributed by atoms with Crippen molar-refractivity contribution in [2.45, 2.75) is 91.0 Å². The summed E-state index contributed by atoms with van der Waals surface area (Å²) >= 11 is 0. The molecule has 0 N–H and O–H groups in total. The maximum atomic E-state index is 5.61. The Kier molecular flexibility index (Phi) is 13.3. The summed E-state index contributed by atoms with van der Waals surface area (Å²) in [5.41, 5.74) is 0. The van der Waals surface area contributed by atoms with Gasteiger partial charge in [0.25, 0.3) is 5.97 Å². The van der Waals surface area contributed by atoms with Crippen LogP contribution in [0.15, 0.2) is 0 Å². The minimum absolute atomic E-state index is 0.303. The van der Waals surface area contributed by atoms with Crippen LogP contribution in [0.5, 0.6) is 0 Å². The zero-order valence-corrected chi connectivity index (χ0v) is 16.0. The van der Waals surface area contributed by atoms with Gasteiger partial charge in [-0.15, -0.1) is 0 Å². The van der Waals surface area contributed by atoms with Crippen LogP contribution in [0, 0.1) is 11.8 Å². The molecule has 0 aliphatic heterocycles. The van der Waals surface area contributed by atoms with Crippen LogP contribution in [0.2, 0.25) is 0 Å². The second-order valence-corrected chi connectivity index (χ2v) is 6.79. The number of hydrogen-bond acceptors (Lipinski definition) is 3. The van der Waals surface area contributed by atoms with Crippen molar-refractivity contribution >= 4 is 0 Å². The van der Waals surface area contributed by atoms with E-state index in [9.17, 15) is 0 Å². The highest BCUT2D eigenvalue weighted by Crippen LogP contribution is 2.33. The Balaban J connectivity index is 4.38. The Morgan fingerprint density at radius 3 is 1.68 bits per heavy atom. The predicted octanol–water partition coefficient (Wildman–Crippen LogP) is 5.77. The Hall–Kier alpha value is -0.120. The molecule has 0 heterocycles. The van der Waals surface area contributed by atoms with Gasteiger partial charge in [0.05, 0.1) is 0 Å². The van der Waals surface area contributed by atoms with E-state index in [1.54, 1.807) is 21.3 Å². The van der Waals surface area contributed by atoms with Gasteiger partial charge in [0.2, 0.25) is 0 Å². The second-order valence-electron chi connectivity index (χ2n) is 6.79. The summed E-state index contributed by atoms with van der Waals surface area (Å²) in [5, 5.41) is 0. The van der Waals surface area contributed by atoms with Crippen molar-refractivity contribution in [1.82, 2.24) is 0 Å². The molecule has 22 heavy (non-hydrogen) atoms. The molecule has 0 saturated heterocycles. The third-order valence-electron chi connectivity index (χ3n) is 4.59. The van der Waals surface area contributed by atoms with Crippen LogP contribution in [0.4, 0.5) is 0 Å². The van der Waals surface area contributed by atoms with Gasteiger partial charge >= 0.3 is 0 Å². The Labute approximate surface area is 139 Å². The lowest BCUT2D eigenvalue weighted by Crippen LogP contribution is -2.44. The first-order chi connectivity index (χ1) is 10.6. The van der Waals surface area contributed by atoms with E-state index in [1.807, 2.05) is 0 Å². The van der Waals surface area contributed by atoms with Crippen molar-refractivity contribution in [2.24, 2.45) is 11.8 Å². The molecule has 0 bridgehead atoms. The maximum absolute atomic E-state index is 5.61. The highest BCUT2D eigenvalue weighted by atomic mass is 16.9. The molecule has 0 saturated carbocycles. The van der Waals surface area contributed by atoms with Gasteiger partial charge in [-0.05, 0) is 18.8 Å². The summed E-state index contributed by atoms with van der Waals surface area (Å²) in [6, 6.07) is 0. The van der Waals surface area contributed by atoms with E-state index < -0.39 is 5.97 Å². The van der Waals surface area contributed by atoms with Gasteiger partial charge in [0.1, 0.15) is 0 Å². The first kappa shape index (κ1) is 21.9. The molecule has 0 aromatic carbocycles. The maximum Gasteiger partial charge on any atom is 0.285 e. The molecule has 134 valence electrons. The van der Waals surface area contributed by atoms with Crippen LogP contribution in [0.3, 0.4) is 0 Å². The summed E-state index contributed by atoms with van der Waals surface area (Å²) in [5.74, 6) is 0.176. The quantitative estimate of drug-likeness (QED) is 0.283. The van der Waals surface area contributed by atoms with Crippen molar-refractivity contribution in [3.63, 3.8) is 0 Å². The number of hydrogen-bond donors (Lipinski definition) is 0. The lowest BCUT2D eigenvalue weighted by atomic mass is 9.91. The van der Waals surface area contributed by atoms with Gasteiger partial charge < -0.3 is 14.2 Å². The Morgan fingerprint density at radius 1 is 0.682 bits per heavy atom. The molecule has 0 spiro atoms. The van der Waals surface area contributed by atoms with Gasteiger partial charge in [-0.25, -0.2) is 0 Å². The first-order valence-electron chi connectivity index (χ1n) is 9.21. The molecule has 1 atom stereocenters. The minimum atomic E-state index is -0.875. The molecule has 0 aromatic heterocycles. The second kappa shape index (κ2) is 13.3. The fraction of sp³-hybridized carbons (Fsp3) is 1.00. The monoisotopic (exact) mass is 316 g/mol. The fourth-order valence-electron chi connectivity index (χ4n) is 3.19. The summed E-state index contributed by atoms with van der Waals surface area (Å²) in [7, 11) is 5.05. The molecular weight excluding hydrogens is 276 g/mol. The van der Waals surface area contributed by atoms with Crippen LogP contribution >= 0.6 is 0 Å². The lowest BCUT2D eigenvalue weighted by Gasteiger charge is -2.36. The third kappa shape index (κ3) is 8.50. The number of unbranched alkanes of at least 4 members (excludes halogenated alkanes) is 5. The van der Waals surface area contributed by atoms with Crippen LogP contribution in [0.1, 0.15) is 85.0 Å². The van der Waals surface area contributed by atoms with E-state index in [0.717, 1.165) is 18.8 Å². The molecule has 0 aliphatic carbocycles. The molecule has 0 amide bonds. The first-order valence-corrected chi connectivity index (χ1v) is 9.21. The number of rotatable bonds is 15. The standard InChI is InChI=1S/C19H40O3/c1-7-8-9-10-11-12-15-18(16-13-14-17(2)3)19(20-4,21-5)22-6/h17-18H,7-16H2,1-6H3. The van der Waals surface area contributed by atoms with Gasteiger partial charge in [0.15, 0.2) is 0 Å². The van der Waals surface area contributed by atoms with Crippen molar-refractivity contribution < 1.29 is 14.2 Å². The molecule has 3 nitrogen and oxygen atoms in total. The molecule has 0 radical (unpaired) electrons. The minimum Gasteiger partial charge on any atom is -0.331 e. The molecule has 1 unspecified atom stereocenters. The predicted molar refractivity (Wildman–Crippen MR) is 93.9 cm³/mol. The van der Waals surface area contributed by atoms with Crippen LogP contribution in [0.25, 0.3) is 0 Å². The van der Waals surface area contributed by atoms with Crippen molar-refractivity contribution in [1.29, 1.82) is 0 Å². The average Bonchev–Trinajstić information content (AvgIpc) is 2.51. The van der Waals surface area contributed by atoms with E-state index in [2.05, 4.69) is 20.8 Å². The van der Waals surface area contributed by atoms with Crippen LogP contribution in [-0.2, 0) is 14.2 Å². The van der Waals surface area contributed by atoms with Gasteiger partial charge in [0, 0.05) is 27.2 Å². The molecule has 0 aromatic rings. The van der Waals surface area contributed by atoms with Gasteiger partial charge in [-0.2, -0.15) is 0 Å². The fourth-order valence-corrected chi connectivity index (χ4v) is 3.19. The lowest BCUT2D eigenvalue weighted by molar-refractivity contribution is -0.380. The molecule has 3 heteroatoms. The van der Waals surface area contributed by atoms with E-state index >= 15 is 0 Å². The molecular formula is C19H40O3. The van der Waals surface area contributed by atoms with Crippen molar-refractivity contribution in [2.75, 3.05) is 21.3 Å². The van der Waals surface area contributed by atoms with E-state index in [1.165, 1.54) is 51.4 Å². The van der Waals surface area contributed by atoms with Crippen molar-refractivity contribution in [3.8, 4) is 0 Å². The van der Waals surface area contributed by atoms with Crippen LogP contribution in [-0.4, -0.2) is 27.3 Å². The molecule has 0 aliphatic rings. The SMILES string of the molecule is CCCCCCCCC(CCCC(C)C)C(OC)(OC)OC. The highest BCUT2D eigenvalue weighted by Gasteiger charge is 2.39. The summed E-state index contributed by atoms with van der Waals surface area (Å²) in [6.45, 7) is 6.81. The third-order valence-corrected chi connectivity index (χ3v) is 4.59. The Morgan fingerprint density at radius 2 is 1.18 bits per heavy atom. The van der Waals surface area contributed by atoms with Crippen molar-refractivity contribution in [3.05, 3.63) is 0 Å². The molecule has 0 rings (SSSR count). The van der Waals surface area contributed by atoms with E-state index in [4.69, 9.17) is 14.2 Å². The zero-order valence-electron chi connectivity index (χ0n) is 16.0. The van der Waals surface area contributed by atoms with Gasteiger partial charge in [-0.1, -0.05) is 72.1 Å². The number of methoxy groups -OCH3 is 3. The van der Waals surface area contributed by atoms with Gasteiger partial charge in [-0.3, -0.25) is 0 Å². The largest absolute Gasteiger partial charge is 0.331 e. The summed E-state index contributed by atoms with van der Waals surface area (Å²) in [4.78, 5) is 0. The summed E-state index contributed by atoms with van der Waals surface area (Å²) in [6.07, 6.45) is 12.6. The normalized spacial score (nSPS) is 13.8. The average molecular weight is 317 g/mol. The smallest absolute Gasteiger partial charge is 0.285 e. The topological polar surface area (TPSA) is 27.7 Å². The molecule has 0 fully saturated rings. The zero-order chi connectivity index (χ0) is 16.8. The highest BCUT2D eigenvalue weighted by molar-refractivity contribution is 4.72. The number of ether oxygens (including phenoxy) is 3. The Bertz CT molecular complexity index is 229. The van der Waals surface area contributed by atoms with E-state index in [0.29, 0.717) is 5.92 Å².